The molecular weight excluding hydrogens is 198 g/mol. The van der Waals surface area contributed by atoms with Crippen LogP contribution < -0.4 is 0 Å². The number of nitrogens with zero attached hydrogens (tertiary/aromatic N) is 2. The summed E-state index contributed by atoms with van der Waals surface area (Å²) in [6, 6.07) is 0. The maximum atomic E-state index is 4.56. The molecular formula is C13H19N3. The van der Waals surface area contributed by atoms with Crippen molar-refractivity contribution >= 4 is 10.9 Å². The molecule has 0 saturated carbocycles. The zero-order chi connectivity index (χ0) is 11.9. The minimum absolute atomic E-state index is 0.448. The van der Waals surface area contributed by atoms with Crippen molar-refractivity contribution in [2.75, 3.05) is 0 Å². The molecule has 0 aromatic carbocycles. The van der Waals surface area contributed by atoms with Crippen LogP contribution in [-0.4, -0.2) is 15.2 Å². The fourth-order valence-corrected chi connectivity index (χ4v) is 2.16. The molecule has 1 N–H and O–H groups in total. The number of hydrogen-bond donors (Lipinski definition) is 1. The highest BCUT2D eigenvalue weighted by Crippen LogP contribution is 2.27. The topological polar surface area (TPSA) is 41.6 Å². The Morgan fingerprint density at radius 1 is 1.12 bits per heavy atom. The number of nitrogens with one attached hydrogen (secondary N) is 1. The lowest BCUT2D eigenvalue weighted by molar-refractivity contribution is 0.814. The second kappa shape index (κ2) is 3.89. The van der Waals surface area contributed by atoms with E-state index < -0.39 is 0 Å². The average Bonchev–Trinajstić information content (AvgIpc) is 2.61. The Balaban J connectivity index is 2.69. The lowest BCUT2D eigenvalue weighted by atomic mass is 10.0. The molecule has 0 aliphatic rings. The highest BCUT2D eigenvalue weighted by atomic mass is 15.1. The quantitative estimate of drug-likeness (QED) is 0.836. The number of pyridine rings is 1. The number of aromatic amines is 1. The van der Waals surface area contributed by atoms with Crippen LogP contribution in [0.1, 0.15) is 56.5 Å². The summed E-state index contributed by atoms with van der Waals surface area (Å²) in [6.45, 7) is 10.8. The number of aromatic nitrogens is 3. The van der Waals surface area contributed by atoms with Crippen molar-refractivity contribution in [2.45, 2.75) is 46.5 Å². The van der Waals surface area contributed by atoms with E-state index in [2.05, 4.69) is 49.8 Å². The van der Waals surface area contributed by atoms with Crippen molar-refractivity contribution in [1.82, 2.24) is 15.2 Å². The number of fused-ring (bicyclic) bond motifs is 1. The summed E-state index contributed by atoms with van der Waals surface area (Å²) in [5.74, 6) is 0.902. The normalized spacial score (nSPS) is 11.9. The summed E-state index contributed by atoms with van der Waals surface area (Å²) >= 11 is 0. The minimum atomic E-state index is 0.448. The van der Waals surface area contributed by atoms with Gasteiger partial charge in [-0.25, -0.2) is 0 Å². The van der Waals surface area contributed by atoms with Crippen LogP contribution in [0.15, 0.2) is 6.20 Å². The average molecular weight is 217 g/mol. The Bertz CT molecular complexity index is 509. The van der Waals surface area contributed by atoms with Crippen LogP contribution in [0, 0.1) is 6.92 Å². The van der Waals surface area contributed by atoms with E-state index in [0.717, 1.165) is 16.6 Å². The number of rotatable bonds is 2. The Morgan fingerprint density at radius 2 is 1.81 bits per heavy atom. The van der Waals surface area contributed by atoms with Crippen molar-refractivity contribution in [3.05, 3.63) is 23.1 Å². The molecule has 0 amide bonds. The van der Waals surface area contributed by atoms with Gasteiger partial charge in [0.1, 0.15) is 0 Å². The first-order valence-corrected chi connectivity index (χ1v) is 5.85. The predicted octanol–water partition coefficient (Wildman–Crippen LogP) is 3.51. The lowest BCUT2D eigenvalue weighted by Gasteiger charge is -2.08. The second-order valence-corrected chi connectivity index (χ2v) is 4.98. The Kier molecular flexibility index (Phi) is 2.70. The molecule has 86 valence electrons. The van der Waals surface area contributed by atoms with Gasteiger partial charge < -0.3 is 0 Å². The number of H-pyrrole nitrogens is 1. The van der Waals surface area contributed by atoms with E-state index in [1.807, 2.05) is 6.20 Å². The van der Waals surface area contributed by atoms with E-state index >= 15 is 0 Å². The fourth-order valence-electron chi connectivity index (χ4n) is 2.16. The van der Waals surface area contributed by atoms with Crippen LogP contribution in [0.3, 0.4) is 0 Å². The maximum Gasteiger partial charge on any atom is 0.0986 e. The summed E-state index contributed by atoms with van der Waals surface area (Å²) in [4.78, 5) is 4.56. The third-order valence-corrected chi connectivity index (χ3v) is 3.03. The van der Waals surface area contributed by atoms with Crippen LogP contribution in [0.2, 0.25) is 0 Å². The molecule has 0 aliphatic heterocycles. The van der Waals surface area contributed by atoms with Crippen molar-refractivity contribution in [3.63, 3.8) is 0 Å². The van der Waals surface area contributed by atoms with E-state index in [-0.39, 0.29) is 0 Å². The molecule has 16 heavy (non-hydrogen) atoms. The third kappa shape index (κ3) is 1.60. The van der Waals surface area contributed by atoms with Gasteiger partial charge >= 0.3 is 0 Å². The largest absolute Gasteiger partial charge is 0.281 e. The molecule has 0 aliphatic carbocycles. The molecule has 0 spiro atoms. The number of aryl methyl sites for hydroxylation is 1. The van der Waals surface area contributed by atoms with Gasteiger partial charge in [-0.15, -0.1) is 0 Å². The minimum Gasteiger partial charge on any atom is -0.281 e. The zero-order valence-corrected chi connectivity index (χ0v) is 10.6. The van der Waals surface area contributed by atoms with Gasteiger partial charge in [0.2, 0.25) is 0 Å². The highest BCUT2D eigenvalue weighted by Gasteiger charge is 2.14. The molecule has 3 nitrogen and oxygen atoms in total. The van der Waals surface area contributed by atoms with Gasteiger partial charge in [-0.1, -0.05) is 27.7 Å². The number of hydrogen-bond acceptors (Lipinski definition) is 2. The van der Waals surface area contributed by atoms with Crippen molar-refractivity contribution in [2.24, 2.45) is 0 Å². The van der Waals surface area contributed by atoms with E-state index in [1.165, 1.54) is 11.3 Å². The summed E-state index contributed by atoms with van der Waals surface area (Å²) in [6.07, 6.45) is 1.95. The van der Waals surface area contributed by atoms with Crippen LogP contribution in [0.5, 0.6) is 0 Å². The second-order valence-electron chi connectivity index (χ2n) is 4.98. The van der Waals surface area contributed by atoms with E-state index in [0.29, 0.717) is 11.8 Å². The summed E-state index contributed by atoms with van der Waals surface area (Å²) in [7, 11) is 0. The molecule has 0 atom stereocenters. The summed E-state index contributed by atoms with van der Waals surface area (Å²) in [5.41, 5.74) is 4.60. The van der Waals surface area contributed by atoms with Gasteiger partial charge in [-0.2, -0.15) is 5.10 Å². The maximum absolute atomic E-state index is 4.56. The van der Waals surface area contributed by atoms with Crippen LogP contribution in [-0.2, 0) is 0 Å². The Labute approximate surface area is 96.3 Å². The molecule has 2 aromatic rings. The molecule has 0 fully saturated rings. The summed E-state index contributed by atoms with van der Waals surface area (Å²) in [5, 5.41) is 8.71. The monoisotopic (exact) mass is 217 g/mol. The van der Waals surface area contributed by atoms with Crippen molar-refractivity contribution in [3.8, 4) is 0 Å². The van der Waals surface area contributed by atoms with Gasteiger partial charge in [0.05, 0.1) is 5.52 Å². The van der Waals surface area contributed by atoms with E-state index in [4.69, 9.17) is 0 Å². The van der Waals surface area contributed by atoms with Crippen LogP contribution in [0.25, 0.3) is 10.9 Å². The highest BCUT2D eigenvalue weighted by molar-refractivity contribution is 5.84. The fraction of sp³-hybridized carbons (Fsp3) is 0.538. The first kappa shape index (κ1) is 11.1. The van der Waals surface area contributed by atoms with Gasteiger partial charge in [0, 0.05) is 23.0 Å². The lowest BCUT2D eigenvalue weighted by Crippen LogP contribution is -1.97. The molecule has 3 heteroatoms. The van der Waals surface area contributed by atoms with Gasteiger partial charge in [-0.3, -0.25) is 10.1 Å². The Hall–Kier alpha value is -1.38. The van der Waals surface area contributed by atoms with E-state index in [1.54, 1.807) is 0 Å². The smallest absolute Gasteiger partial charge is 0.0986 e. The van der Waals surface area contributed by atoms with Crippen LogP contribution in [0.4, 0.5) is 0 Å². The van der Waals surface area contributed by atoms with Gasteiger partial charge in [0.15, 0.2) is 0 Å². The molecule has 0 bridgehead atoms. The summed E-state index contributed by atoms with van der Waals surface area (Å²) < 4.78 is 0. The van der Waals surface area contributed by atoms with E-state index in [9.17, 15) is 0 Å². The molecule has 0 unspecified atom stereocenters. The van der Waals surface area contributed by atoms with Crippen LogP contribution >= 0.6 is 0 Å². The van der Waals surface area contributed by atoms with Crippen molar-refractivity contribution in [1.29, 1.82) is 0 Å². The first-order valence-electron chi connectivity index (χ1n) is 5.85. The Morgan fingerprint density at radius 3 is 2.38 bits per heavy atom. The standard InChI is InChI=1S/C13H19N3/c1-7(2)11-9(5)13-10(6-14-11)12(8(3)4)15-16-13/h6-8H,1-5H3,(H,15,16). The van der Waals surface area contributed by atoms with Gasteiger partial charge in [-0.05, 0) is 24.3 Å². The third-order valence-electron chi connectivity index (χ3n) is 3.03. The molecule has 2 rings (SSSR count). The zero-order valence-electron chi connectivity index (χ0n) is 10.6. The SMILES string of the molecule is Cc1c(C(C)C)ncc2c(C(C)C)[nH]nc12. The predicted molar refractivity (Wildman–Crippen MR) is 66.8 cm³/mol. The molecule has 0 radical (unpaired) electrons. The van der Waals surface area contributed by atoms with Crippen molar-refractivity contribution < 1.29 is 0 Å². The molecule has 0 saturated heterocycles. The molecule has 2 heterocycles. The van der Waals surface area contributed by atoms with Gasteiger partial charge in [0.25, 0.3) is 0 Å². The molecule has 2 aromatic heterocycles. The first-order chi connectivity index (χ1) is 7.52.